The normalized spacial score (nSPS) is 20.9. The Morgan fingerprint density at radius 2 is 1.80 bits per heavy atom. The van der Waals surface area contributed by atoms with Gasteiger partial charge in [-0.15, -0.1) is 0 Å². The Balaban J connectivity index is 1.07. The molecule has 1 unspecified atom stereocenters. The molecule has 3 fully saturated rings. The zero-order valence-electron chi connectivity index (χ0n) is 42.9. The van der Waals surface area contributed by atoms with E-state index < -0.39 is 34.9 Å². The first-order chi connectivity index (χ1) is 33.4. The number of esters is 1. The Morgan fingerprint density at radius 3 is 2.51 bits per heavy atom. The summed E-state index contributed by atoms with van der Waals surface area (Å²) in [5.41, 5.74) is 10.3. The fourth-order valence-electron chi connectivity index (χ4n) is 10.1. The average molecular weight is 956 g/mol. The molecule has 70 heavy (non-hydrogen) atoms. The third-order valence-corrected chi connectivity index (χ3v) is 14.9. The molecule has 1 saturated carbocycles. The molecule has 4 atom stereocenters. The van der Waals surface area contributed by atoms with Crippen LogP contribution < -0.4 is 10.7 Å². The second-order valence-corrected chi connectivity index (χ2v) is 21.5. The van der Waals surface area contributed by atoms with Crippen molar-refractivity contribution < 1.29 is 33.4 Å². The predicted molar refractivity (Wildman–Crippen MR) is 271 cm³/mol. The molecule has 14 nitrogen and oxygen atoms in total. The molecule has 4 aliphatic rings. The minimum atomic E-state index is -0.957. The molecule has 0 spiro atoms. The highest BCUT2D eigenvalue weighted by Crippen LogP contribution is 2.42. The molecular formula is C56H73N7O7. The topological polar surface area (TPSA) is 148 Å². The smallest absolute Gasteiger partial charge is 0.324 e. The third-order valence-electron chi connectivity index (χ3n) is 14.9. The number of nitrogens with one attached hydrogen (secondary N) is 2. The zero-order chi connectivity index (χ0) is 50.1. The molecule has 5 heterocycles. The van der Waals surface area contributed by atoms with Gasteiger partial charge < -0.3 is 29.0 Å². The van der Waals surface area contributed by atoms with Crippen molar-refractivity contribution in [1.29, 1.82) is 0 Å². The SMILES string of the molecule is CCn1c(-c2cccnc2[C@H](C)OC)c2c3cc(ccc31)-c1cccc(c1)C[C@H](NC(=O)C(COC1CN(C(=O)C#CC(C)(C)N(C)C3CC3)C1)C(C)C)C(=O)N1CCC[C@H](N1)C(=O)OCC(C)(C)C2. The minimum Gasteiger partial charge on any atom is -0.464 e. The van der Waals surface area contributed by atoms with Gasteiger partial charge in [0.05, 0.1) is 48.3 Å². The number of hydrogen-bond acceptors (Lipinski definition) is 10. The Labute approximate surface area is 414 Å². The van der Waals surface area contributed by atoms with Crippen LogP contribution in [-0.4, -0.2) is 125 Å². The van der Waals surface area contributed by atoms with Gasteiger partial charge in [0.1, 0.15) is 12.1 Å². The maximum atomic E-state index is 14.7. The summed E-state index contributed by atoms with van der Waals surface area (Å²) in [6.07, 6.45) is 5.56. The van der Waals surface area contributed by atoms with E-state index in [0.717, 1.165) is 62.9 Å². The van der Waals surface area contributed by atoms with Crippen LogP contribution in [0.3, 0.4) is 0 Å². The number of aromatic nitrogens is 2. The van der Waals surface area contributed by atoms with E-state index in [1.807, 2.05) is 52.8 Å². The lowest BCUT2D eigenvalue weighted by molar-refractivity contribution is -0.155. The van der Waals surface area contributed by atoms with Gasteiger partial charge in [0, 0.05) is 73.8 Å². The number of fused-ring (bicyclic) bond motifs is 6. The highest BCUT2D eigenvalue weighted by Gasteiger charge is 2.39. The fourth-order valence-corrected chi connectivity index (χ4v) is 10.1. The van der Waals surface area contributed by atoms with Crippen LogP contribution in [-0.2, 0) is 52.8 Å². The van der Waals surface area contributed by atoms with E-state index in [9.17, 15) is 19.2 Å². The van der Waals surface area contributed by atoms with Crippen molar-refractivity contribution in [3.05, 3.63) is 77.6 Å². The number of rotatable bonds is 12. The number of cyclic esters (lactones) is 1. The molecule has 374 valence electrons. The maximum absolute atomic E-state index is 14.7. The number of carbonyl (C=O) groups excluding carboxylic acids is 4. The van der Waals surface area contributed by atoms with Gasteiger partial charge in [0.2, 0.25) is 5.91 Å². The number of aryl methyl sites for hydroxylation is 1. The van der Waals surface area contributed by atoms with E-state index in [0.29, 0.717) is 51.5 Å². The highest BCUT2D eigenvalue weighted by molar-refractivity contribution is 5.96. The molecule has 1 aliphatic carbocycles. The first kappa shape index (κ1) is 50.8. The van der Waals surface area contributed by atoms with Crippen molar-refractivity contribution in [3.63, 3.8) is 0 Å². The van der Waals surface area contributed by atoms with Gasteiger partial charge in [0.15, 0.2) is 0 Å². The van der Waals surface area contributed by atoms with Gasteiger partial charge in [-0.25, -0.2) is 5.43 Å². The molecule has 0 radical (unpaired) electrons. The lowest BCUT2D eigenvalue weighted by Crippen LogP contribution is -2.61. The van der Waals surface area contributed by atoms with Crippen LogP contribution in [0, 0.1) is 29.1 Å². The summed E-state index contributed by atoms with van der Waals surface area (Å²) in [5, 5.41) is 5.72. The van der Waals surface area contributed by atoms with Crippen molar-refractivity contribution in [3.8, 4) is 34.2 Å². The summed E-state index contributed by atoms with van der Waals surface area (Å²) in [6.45, 7) is 18.6. The fraction of sp³-hybridized carbons (Fsp3) is 0.554. The van der Waals surface area contributed by atoms with Crippen molar-refractivity contribution in [2.24, 2.45) is 17.3 Å². The van der Waals surface area contributed by atoms with Crippen LogP contribution in [0.4, 0.5) is 0 Å². The van der Waals surface area contributed by atoms with Crippen molar-refractivity contribution in [2.75, 3.05) is 47.0 Å². The number of amides is 3. The number of pyridine rings is 1. The predicted octanol–water partition coefficient (Wildman–Crippen LogP) is 7.12. The Bertz CT molecular complexity index is 2650. The summed E-state index contributed by atoms with van der Waals surface area (Å²) in [7, 11) is 3.76. The summed E-state index contributed by atoms with van der Waals surface area (Å²) >= 11 is 0. The van der Waals surface area contributed by atoms with E-state index in [2.05, 4.69) is 96.3 Å². The molecule has 2 aromatic heterocycles. The van der Waals surface area contributed by atoms with E-state index >= 15 is 0 Å². The van der Waals surface area contributed by atoms with Crippen LogP contribution in [0.15, 0.2) is 60.8 Å². The lowest BCUT2D eigenvalue weighted by atomic mass is 9.84. The highest BCUT2D eigenvalue weighted by atomic mass is 16.5. The first-order valence-corrected chi connectivity index (χ1v) is 25.3. The second kappa shape index (κ2) is 21.0. The van der Waals surface area contributed by atoms with Crippen LogP contribution in [0.5, 0.6) is 0 Å². The Kier molecular flexibility index (Phi) is 15.2. The zero-order valence-corrected chi connectivity index (χ0v) is 42.9. The van der Waals surface area contributed by atoms with Gasteiger partial charge in [-0.05, 0) is 125 Å². The average Bonchev–Trinajstić information content (AvgIpc) is 4.14. The van der Waals surface area contributed by atoms with Crippen molar-refractivity contribution in [1.82, 2.24) is 35.1 Å². The van der Waals surface area contributed by atoms with Gasteiger partial charge in [-0.1, -0.05) is 63.9 Å². The van der Waals surface area contributed by atoms with E-state index in [1.165, 1.54) is 5.01 Å². The molecule has 2 saturated heterocycles. The maximum Gasteiger partial charge on any atom is 0.324 e. The number of hydrogen-bond donors (Lipinski definition) is 2. The van der Waals surface area contributed by atoms with Gasteiger partial charge in [-0.2, -0.15) is 0 Å². The standard InChI is InChI=1S/C56H73N7O7/c1-11-62-48-22-19-39-29-43(48)44(51(62)42-17-13-25-57-50(42)36(4)68-10)30-55(5,6)34-70-54(67)46-18-14-26-63(59-46)53(66)47(28-37-15-12-16-38(39)27-37)58-52(65)45(35(2)3)33-69-41-31-61(32-41)49(64)23-24-56(7,8)60(9)40-20-21-40/h12-13,15-17,19,22,25,27,29,35-36,40-41,45-47,59H,11,14,18,20-21,26,28,30-34H2,1-10H3,(H,58,65)/t36-,45?,46-,47-/m0/s1. The summed E-state index contributed by atoms with van der Waals surface area (Å²) < 4.78 is 20.6. The summed E-state index contributed by atoms with van der Waals surface area (Å²) in [4.78, 5) is 64.8. The van der Waals surface area contributed by atoms with Gasteiger partial charge >= 0.3 is 5.97 Å². The molecule has 3 amide bonds. The lowest BCUT2D eigenvalue weighted by Gasteiger charge is -2.39. The summed E-state index contributed by atoms with van der Waals surface area (Å²) in [5.74, 6) is 4.06. The summed E-state index contributed by atoms with van der Waals surface area (Å²) in [6, 6.07) is 17.6. The quantitative estimate of drug-likeness (QED) is 0.111. The third kappa shape index (κ3) is 11.1. The second-order valence-electron chi connectivity index (χ2n) is 21.5. The van der Waals surface area contributed by atoms with Crippen LogP contribution in [0.2, 0.25) is 0 Å². The number of hydrazine groups is 1. The van der Waals surface area contributed by atoms with E-state index in [1.54, 1.807) is 18.2 Å². The molecule has 8 rings (SSSR count). The van der Waals surface area contributed by atoms with Crippen LogP contribution in [0.1, 0.15) is 104 Å². The molecule has 6 bridgehead atoms. The first-order valence-electron chi connectivity index (χ1n) is 25.3. The van der Waals surface area contributed by atoms with E-state index in [4.69, 9.17) is 19.2 Å². The molecule has 2 N–H and O–H groups in total. The Morgan fingerprint density at radius 1 is 1.04 bits per heavy atom. The molecule has 4 aromatic rings. The number of carbonyl (C=O) groups is 4. The monoisotopic (exact) mass is 956 g/mol. The number of methoxy groups -OCH3 is 1. The van der Waals surface area contributed by atoms with Crippen molar-refractivity contribution in [2.45, 2.75) is 136 Å². The number of likely N-dealkylation sites (tertiary alicyclic amines) is 1. The largest absolute Gasteiger partial charge is 0.464 e. The minimum absolute atomic E-state index is 0.112. The number of nitrogens with zero attached hydrogens (tertiary/aromatic N) is 5. The molecular weight excluding hydrogens is 883 g/mol. The molecule has 14 heteroatoms. The van der Waals surface area contributed by atoms with Crippen LogP contribution >= 0.6 is 0 Å². The Hall–Kier alpha value is -5.59. The van der Waals surface area contributed by atoms with Crippen molar-refractivity contribution >= 4 is 34.6 Å². The molecule has 2 aromatic carbocycles. The van der Waals surface area contributed by atoms with E-state index in [-0.39, 0.29) is 55.5 Å². The number of benzene rings is 2. The number of ether oxygens (including phenoxy) is 3. The van der Waals surface area contributed by atoms with Gasteiger partial charge in [0.25, 0.3) is 11.8 Å². The van der Waals surface area contributed by atoms with Gasteiger partial charge in [-0.3, -0.25) is 34.1 Å². The van der Waals surface area contributed by atoms with Crippen LogP contribution in [0.25, 0.3) is 33.3 Å². The molecule has 3 aliphatic heterocycles.